The van der Waals surface area contributed by atoms with Crippen LogP contribution in [0.5, 0.6) is 0 Å². The minimum Gasteiger partial charge on any atom is -0.370 e. The number of rotatable bonds is 5. The molecule has 17 heavy (non-hydrogen) atoms. The van der Waals surface area contributed by atoms with E-state index in [1.165, 1.54) is 0 Å². The van der Waals surface area contributed by atoms with Gasteiger partial charge in [-0.25, -0.2) is 0 Å². The molecule has 2 N–H and O–H groups in total. The van der Waals surface area contributed by atoms with Gasteiger partial charge >= 0.3 is 0 Å². The highest BCUT2D eigenvalue weighted by Gasteiger charge is 2.08. The van der Waals surface area contributed by atoms with Gasteiger partial charge in [0.1, 0.15) is 0 Å². The maximum atomic E-state index is 10.6. The fraction of sp³-hybridized carbons (Fsp3) is 0.273. The van der Waals surface area contributed by atoms with Crippen molar-refractivity contribution < 1.29 is 9.32 Å². The van der Waals surface area contributed by atoms with E-state index < -0.39 is 0 Å². The maximum absolute atomic E-state index is 10.6. The van der Waals surface area contributed by atoms with Crippen LogP contribution in [0.4, 0.5) is 0 Å². The van der Waals surface area contributed by atoms with Gasteiger partial charge in [-0.05, 0) is 18.6 Å². The van der Waals surface area contributed by atoms with Crippen molar-refractivity contribution in [1.29, 1.82) is 0 Å². The largest absolute Gasteiger partial charge is 0.370 e. The topological polar surface area (TPSA) is 94.9 Å². The fourth-order valence-electron chi connectivity index (χ4n) is 1.39. The lowest BCUT2D eigenvalue weighted by Crippen LogP contribution is -2.10. The number of amides is 1. The Balaban J connectivity index is 1.99. The highest BCUT2D eigenvalue weighted by molar-refractivity contribution is 5.73. The summed E-state index contributed by atoms with van der Waals surface area (Å²) in [5, 5.41) is 3.85. The monoisotopic (exact) mass is 232 g/mol. The summed E-state index contributed by atoms with van der Waals surface area (Å²) in [7, 11) is 0. The lowest BCUT2D eigenvalue weighted by molar-refractivity contribution is -0.118. The Morgan fingerprint density at radius 3 is 2.82 bits per heavy atom. The molecule has 6 nitrogen and oxygen atoms in total. The van der Waals surface area contributed by atoms with Gasteiger partial charge in [-0.1, -0.05) is 5.16 Å². The first-order chi connectivity index (χ1) is 8.25. The predicted molar refractivity (Wildman–Crippen MR) is 59.7 cm³/mol. The van der Waals surface area contributed by atoms with E-state index in [4.69, 9.17) is 10.3 Å². The molecular formula is C11H12N4O2. The van der Waals surface area contributed by atoms with Crippen LogP contribution in [0.2, 0.25) is 0 Å². The van der Waals surface area contributed by atoms with Gasteiger partial charge in [0.05, 0.1) is 0 Å². The molecule has 2 rings (SSSR count). The van der Waals surface area contributed by atoms with Crippen molar-refractivity contribution in [2.45, 2.75) is 19.3 Å². The van der Waals surface area contributed by atoms with Crippen molar-refractivity contribution in [1.82, 2.24) is 15.1 Å². The Morgan fingerprint density at radius 1 is 1.35 bits per heavy atom. The van der Waals surface area contributed by atoms with E-state index in [1.54, 1.807) is 24.5 Å². The summed E-state index contributed by atoms with van der Waals surface area (Å²) in [5.41, 5.74) is 5.89. The number of primary amides is 1. The fourth-order valence-corrected chi connectivity index (χ4v) is 1.39. The quantitative estimate of drug-likeness (QED) is 0.827. The van der Waals surface area contributed by atoms with Crippen LogP contribution >= 0.6 is 0 Å². The molecule has 88 valence electrons. The standard InChI is InChI=1S/C11H12N4O2/c12-9(16)2-1-3-10-14-11(15-17-10)8-4-6-13-7-5-8/h4-7H,1-3H2,(H2,12,16). The second kappa shape index (κ2) is 5.20. The average Bonchev–Trinajstić information content (AvgIpc) is 2.78. The highest BCUT2D eigenvalue weighted by Crippen LogP contribution is 2.14. The van der Waals surface area contributed by atoms with E-state index >= 15 is 0 Å². The van der Waals surface area contributed by atoms with Crippen molar-refractivity contribution in [3.8, 4) is 11.4 Å². The van der Waals surface area contributed by atoms with E-state index in [0.717, 1.165) is 5.56 Å². The normalized spacial score (nSPS) is 10.4. The Labute approximate surface area is 97.9 Å². The Morgan fingerprint density at radius 2 is 2.12 bits per heavy atom. The summed E-state index contributed by atoms with van der Waals surface area (Å²) in [6, 6.07) is 3.61. The second-order valence-corrected chi connectivity index (χ2v) is 3.57. The average molecular weight is 232 g/mol. The van der Waals surface area contributed by atoms with Gasteiger partial charge in [-0.2, -0.15) is 4.98 Å². The summed E-state index contributed by atoms with van der Waals surface area (Å²) in [6.07, 6.45) is 4.83. The lowest BCUT2D eigenvalue weighted by atomic mass is 10.2. The minimum absolute atomic E-state index is 0.320. The van der Waals surface area contributed by atoms with Gasteiger partial charge in [-0.3, -0.25) is 9.78 Å². The number of hydrogen-bond acceptors (Lipinski definition) is 5. The van der Waals surface area contributed by atoms with Gasteiger partial charge in [-0.15, -0.1) is 0 Å². The molecule has 2 aromatic heterocycles. The molecule has 0 atom stereocenters. The molecule has 0 unspecified atom stereocenters. The van der Waals surface area contributed by atoms with Crippen molar-refractivity contribution >= 4 is 5.91 Å². The van der Waals surface area contributed by atoms with Crippen LogP contribution in [-0.4, -0.2) is 21.0 Å². The molecule has 0 aliphatic carbocycles. The third-order valence-electron chi connectivity index (χ3n) is 2.22. The van der Waals surface area contributed by atoms with Gasteiger partial charge in [0.25, 0.3) is 0 Å². The molecule has 2 aromatic rings. The number of nitrogens with zero attached hydrogens (tertiary/aromatic N) is 3. The van der Waals surface area contributed by atoms with Crippen molar-refractivity contribution in [3.63, 3.8) is 0 Å². The summed E-state index contributed by atoms with van der Waals surface area (Å²) >= 11 is 0. The van der Waals surface area contributed by atoms with E-state index in [9.17, 15) is 4.79 Å². The second-order valence-electron chi connectivity index (χ2n) is 3.57. The number of pyridine rings is 1. The third kappa shape index (κ3) is 3.10. The van der Waals surface area contributed by atoms with Crippen LogP contribution in [0.1, 0.15) is 18.7 Å². The van der Waals surface area contributed by atoms with E-state index in [0.29, 0.717) is 31.0 Å². The zero-order chi connectivity index (χ0) is 12.1. The van der Waals surface area contributed by atoms with Gasteiger partial charge in [0.15, 0.2) is 0 Å². The molecule has 0 bridgehead atoms. The summed E-state index contributed by atoms with van der Waals surface area (Å²) < 4.78 is 5.07. The third-order valence-corrected chi connectivity index (χ3v) is 2.22. The highest BCUT2D eigenvalue weighted by atomic mass is 16.5. The number of nitrogens with two attached hydrogens (primary N) is 1. The Hall–Kier alpha value is -2.24. The molecule has 2 heterocycles. The van der Waals surface area contributed by atoms with E-state index in [2.05, 4.69) is 15.1 Å². The lowest BCUT2D eigenvalue weighted by Gasteiger charge is -1.92. The molecule has 1 amide bonds. The zero-order valence-electron chi connectivity index (χ0n) is 9.17. The number of aryl methyl sites for hydroxylation is 1. The molecule has 0 radical (unpaired) electrons. The minimum atomic E-state index is -0.320. The Kier molecular flexibility index (Phi) is 3.44. The van der Waals surface area contributed by atoms with Crippen LogP contribution in [0.15, 0.2) is 29.0 Å². The number of carbonyl (C=O) groups excluding carboxylic acids is 1. The van der Waals surface area contributed by atoms with Crippen molar-refractivity contribution in [2.24, 2.45) is 5.73 Å². The van der Waals surface area contributed by atoms with Crippen LogP contribution in [-0.2, 0) is 11.2 Å². The van der Waals surface area contributed by atoms with E-state index in [-0.39, 0.29) is 5.91 Å². The first-order valence-electron chi connectivity index (χ1n) is 5.27. The molecular weight excluding hydrogens is 220 g/mol. The van der Waals surface area contributed by atoms with Gasteiger partial charge < -0.3 is 10.3 Å². The maximum Gasteiger partial charge on any atom is 0.226 e. The summed E-state index contributed by atoms with van der Waals surface area (Å²) in [4.78, 5) is 18.7. The molecule has 0 saturated carbocycles. The number of hydrogen-bond donors (Lipinski definition) is 1. The molecule has 0 spiro atoms. The first kappa shape index (κ1) is 11.3. The van der Waals surface area contributed by atoms with Crippen LogP contribution < -0.4 is 5.73 Å². The van der Waals surface area contributed by atoms with Crippen LogP contribution in [0, 0.1) is 0 Å². The SMILES string of the molecule is NC(=O)CCCc1nc(-c2ccncc2)no1. The molecule has 0 saturated heterocycles. The molecule has 0 fully saturated rings. The first-order valence-corrected chi connectivity index (χ1v) is 5.27. The number of aromatic nitrogens is 3. The molecule has 0 aliphatic heterocycles. The smallest absolute Gasteiger partial charge is 0.226 e. The van der Waals surface area contributed by atoms with Crippen molar-refractivity contribution in [3.05, 3.63) is 30.4 Å². The van der Waals surface area contributed by atoms with Crippen molar-refractivity contribution in [2.75, 3.05) is 0 Å². The van der Waals surface area contributed by atoms with Gasteiger partial charge in [0, 0.05) is 30.8 Å². The summed E-state index contributed by atoms with van der Waals surface area (Å²) in [6.45, 7) is 0. The zero-order valence-corrected chi connectivity index (χ0v) is 9.17. The molecule has 0 aromatic carbocycles. The summed E-state index contributed by atoms with van der Waals surface area (Å²) in [5.74, 6) is 0.721. The van der Waals surface area contributed by atoms with Crippen LogP contribution in [0.3, 0.4) is 0 Å². The van der Waals surface area contributed by atoms with E-state index in [1.807, 2.05) is 0 Å². The predicted octanol–water partition coefficient (Wildman–Crippen LogP) is 0.940. The molecule has 0 aliphatic rings. The van der Waals surface area contributed by atoms with Gasteiger partial charge in [0.2, 0.25) is 17.6 Å². The molecule has 6 heteroatoms. The Bertz CT molecular complexity index is 495. The number of carbonyl (C=O) groups is 1. The van der Waals surface area contributed by atoms with Crippen LogP contribution in [0.25, 0.3) is 11.4 Å².